The van der Waals surface area contributed by atoms with Gasteiger partial charge in [0.25, 0.3) is 5.91 Å². The van der Waals surface area contributed by atoms with Crippen LogP contribution in [0, 0.1) is 5.92 Å². The number of ether oxygens (including phenoxy) is 1. The maximum Gasteiger partial charge on any atom is 0.250 e. The minimum absolute atomic E-state index is 0.0466. The molecule has 2 saturated heterocycles. The fourth-order valence-electron chi connectivity index (χ4n) is 4.80. The molecule has 3 heterocycles. The Hall–Kier alpha value is -1.99. The van der Waals surface area contributed by atoms with Crippen LogP contribution in [0.1, 0.15) is 44.2 Å². The first-order valence-electron chi connectivity index (χ1n) is 10.9. The van der Waals surface area contributed by atoms with Gasteiger partial charge in [0.05, 0.1) is 13.2 Å². The summed E-state index contributed by atoms with van der Waals surface area (Å²) >= 11 is 0. The van der Waals surface area contributed by atoms with E-state index in [0.29, 0.717) is 12.5 Å². The molecule has 4 rings (SSSR count). The Labute approximate surface area is 173 Å². The Morgan fingerprint density at radius 2 is 1.86 bits per heavy atom. The lowest BCUT2D eigenvalue weighted by atomic mass is 9.85. The summed E-state index contributed by atoms with van der Waals surface area (Å²) in [4.78, 5) is 36.9. The van der Waals surface area contributed by atoms with Crippen LogP contribution in [0.3, 0.4) is 0 Å². The van der Waals surface area contributed by atoms with E-state index in [1.165, 1.54) is 0 Å². The van der Waals surface area contributed by atoms with Gasteiger partial charge in [-0.15, -0.1) is 0 Å². The maximum atomic E-state index is 13.6. The molecule has 0 radical (unpaired) electrons. The van der Waals surface area contributed by atoms with E-state index >= 15 is 0 Å². The Balaban J connectivity index is 1.52. The number of piperazine rings is 1. The van der Waals surface area contributed by atoms with E-state index < -0.39 is 6.04 Å². The van der Waals surface area contributed by atoms with Crippen LogP contribution in [0.2, 0.25) is 0 Å². The topological polar surface area (TPSA) is 66.0 Å². The van der Waals surface area contributed by atoms with Gasteiger partial charge >= 0.3 is 0 Å². The van der Waals surface area contributed by atoms with E-state index in [1.54, 1.807) is 17.3 Å². The van der Waals surface area contributed by atoms with Crippen molar-refractivity contribution in [3.8, 4) is 0 Å². The van der Waals surface area contributed by atoms with Gasteiger partial charge in [0.1, 0.15) is 12.6 Å². The first kappa shape index (κ1) is 20.3. The van der Waals surface area contributed by atoms with Crippen molar-refractivity contribution in [3.05, 3.63) is 30.1 Å². The number of rotatable bonds is 5. The molecular formula is C22H32N4O3. The number of hydrogen-bond donors (Lipinski definition) is 0. The first-order chi connectivity index (χ1) is 14.1. The summed E-state index contributed by atoms with van der Waals surface area (Å²) in [6, 6.07) is 3.37. The summed E-state index contributed by atoms with van der Waals surface area (Å²) in [7, 11) is 0. The first-order valence-corrected chi connectivity index (χ1v) is 10.9. The molecule has 1 atom stereocenters. The fraction of sp³-hybridized carbons (Fsp3) is 0.682. The van der Waals surface area contributed by atoms with E-state index in [1.807, 2.05) is 17.0 Å². The third kappa shape index (κ3) is 4.61. The third-order valence-corrected chi connectivity index (χ3v) is 6.64. The monoisotopic (exact) mass is 400 g/mol. The molecule has 1 aromatic rings. The lowest BCUT2D eigenvalue weighted by Crippen LogP contribution is -2.59. The normalized spacial score (nSPS) is 29.3. The van der Waals surface area contributed by atoms with E-state index in [4.69, 9.17) is 4.74 Å². The number of aromatic nitrogens is 1. The molecule has 0 N–H and O–H groups in total. The quantitative estimate of drug-likeness (QED) is 0.753. The van der Waals surface area contributed by atoms with Crippen LogP contribution >= 0.6 is 0 Å². The Morgan fingerprint density at radius 1 is 1.10 bits per heavy atom. The Morgan fingerprint density at radius 3 is 2.55 bits per heavy atom. The zero-order valence-corrected chi connectivity index (χ0v) is 17.3. The van der Waals surface area contributed by atoms with Crippen LogP contribution in [-0.2, 0) is 14.3 Å². The van der Waals surface area contributed by atoms with Crippen LogP contribution in [0.15, 0.2) is 24.5 Å². The predicted octanol–water partition coefficient (Wildman–Crippen LogP) is 1.70. The lowest BCUT2D eigenvalue weighted by Gasteiger charge is -2.45. The van der Waals surface area contributed by atoms with E-state index in [2.05, 4.69) is 16.8 Å². The van der Waals surface area contributed by atoms with Gasteiger partial charge in [0.15, 0.2) is 0 Å². The Kier molecular flexibility index (Phi) is 6.45. The number of morpholine rings is 1. The fourth-order valence-corrected chi connectivity index (χ4v) is 4.80. The summed E-state index contributed by atoms with van der Waals surface area (Å²) in [6.07, 6.45) is 7.67. The van der Waals surface area contributed by atoms with Gasteiger partial charge in [0, 0.05) is 50.2 Å². The molecule has 0 bridgehead atoms. The molecule has 0 unspecified atom stereocenters. The lowest BCUT2D eigenvalue weighted by molar-refractivity contribution is -0.159. The molecule has 1 aromatic heterocycles. The van der Waals surface area contributed by atoms with Gasteiger partial charge in [-0.2, -0.15) is 0 Å². The van der Waals surface area contributed by atoms with Crippen molar-refractivity contribution < 1.29 is 14.3 Å². The smallest absolute Gasteiger partial charge is 0.250 e. The number of carbonyl (C=O) groups excluding carboxylic acids is 2. The summed E-state index contributed by atoms with van der Waals surface area (Å²) in [5.74, 6) is 0.811. The van der Waals surface area contributed by atoms with Crippen molar-refractivity contribution in [2.75, 3.05) is 45.9 Å². The van der Waals surface area contributed by atoms with Gasteiger partial charge < -0.3 is 14.5 Å². The van der Waals surface area contributed by atoms with Gasteiger partial charge in [-0.3, -0.25) is 19.5 Å². The summed E-state index contributed by atoms with van der Waals surface area (Å²) < 4.78 is 5.42. The summed E-state index contributed by atoms with van der Waals surface area (Å²) in [5, 5.41) is 0. The van der Waals surface area contributed by atoms with Gasteiger partial charge in [-0.1, -0.05) is 13.0 Å². The molecule has 29 heavy (non-hydrogen) atoms. The minimum atomic E-state index is -0.564. The van der Waals surface area contributed by atoms with Crippen molar-refractivity contribution in [1.82, 2.24) is 19.7 Å². The van der Waals surface area contributed by atoms with Crippen LogP contribution in [-0.4, -0.2) is 83.5 Å². The predicted molar refractivity (Wildman–Crippen MR) is 109 cm³/mol. The number of carbonyl (C=O) groups is 2. The molecule has 1 saturated carbocycles. The van der Waals surface area contributed by atoms with Crippen LogP contribution in [0.25, 0.3) is 0 Å². The Bertz CT molecular complexity index is 699. The van der Waals surface area contributed by atoms with Crippen molar-refractivity contribution in [3.63, 3.8) is 0 Å². The summed E-state index contributed by atoms with van der Waals surface area (Å²) in [6.45, 7) is 7.00. The average Bonchev–Trinajstić information content (AvgIpc) is 2.76. The second kappa shape index (κ2) is 9.22. The average molecular weight is 401 g/mol. The number of amides is 2. The second-order valence-corrected chi connectivity index (χ2v) is 8.61. The second-order valence-electron chi connectivity index (χ2n) is 8.61. The highest BCUT2D eigenvalue weighted by Gasteiger charge is 2.43. The molecule has 1 aliphatic carbocycles. The zero-order chi connectivity index (χ0) is 20.2. The van der Waals surface area contributed by atoms with Crippen molar-refractivity contribution in [1.29, 1.82) is 0 Å². The van der Waals surface area contributed by atoms with Crippen LogP contribution in [0.5, 0.6) is 0 Å². The molecule has 7 heteroatoms. The third-order valence-electron chi connectivity index (χ3n) is 6.64. The highest BCUT2D eigenvalue weighted by atomic mass is 16.5. The van der Waals surface area contributed by atoms with E-state index in [0.717, 1.165) is 64.1 Å². The standard InChI is InChI=1S/C22H32N4O3/c1-17-4-6-19(7-5-17)26-16-20(27)25(10-9-24-11-13-29-14-12-24)21(22(26)28)18-3-2-8-23-15-18/h2-3,8,15,17,19,21H,4-7,9-14,16H2,1H3/t17?,19?,21-/m0/s1. The van der Waals surface area contributed by atoms with Crippen molar-refractivity contribution in [2.24, 2.45) is 5.92 Å². The molecule has 2 aliphatic heterocycles. The van der Waals surface area contributed by atoms with E-state index in [9.17, 15) is 9.59 Å². The highest BCUT2D eigenvalue weighted by Crippen LogP contribution is 2.33. The minimum Gasteiger partial charge on any atom is -0.379 e. The van der Waals surface area contributed by atoms with Gasteiger partial charge in [-0.05, 0) is 37.7 Å². The maximum absolute atomic E-state index is 13.6. The molecule has 0 spiro atoms. The number of pyridine rings is 1. The molecular weight excluding hydrogens is 368 g/mol. The summed E-state index contributed by atoms with van der Waals surface area (Å²) in [5.41, 5.74) is 0.807. The molecule has 7 nitrogen and oxygen atoms in total. The highest BCUT2D eigenvalue weighted by molar-refractivity contribution is 5.95. The SMILES string of the molecule is CC1CCC(N2CC(=O)N(CCN3CCOCC3)[C@@H](c3cccnc3)C2=O)CC1. The molecule has 158 valence electrons. The number of nitrogens with zero attached hydrogens (tertiary/aromatic N) is 4. The van der Waals surface area contributed by atoms with E-state index in [-0.39, 0.29) is 24.4 Å². The van der Waals surface area contributed by atoms with Gasteiger partial charge in [0.2, 0.25) is 5.91 Å². The van der Waals surface area contributed by atoms with Gasteiger partial charge in [-0.25, -0.2) is 0 Å². The van der Waals surface area contributed by atoms with Crippen LogP contribution < -0.4 is 0 Å². The van der Waals surface area contributed by atoms with Crippen molar-refractivity contribution >= 4 is 11.8 Å². The largest absolute Gasteiger partial charge is 0.379 e. The molecule has 2 amide bonds. The molecule has 3 aliphatic rings. The zero-order valence-electron chi connectivity index (χ0n) is 17.3. The van der Waals surface area contributed by atoms with Crippen molar-refractivity contribution in [2.45, 2.75) is 44.7 Å². The molecule has 0 aromatic carbocycles. The molecule has 3 fully saturated rings. The van der Waals surface area contributed by atoms with Crippen LogP contribution in [0.4, 0.5) is 0 Å². The number of hydrogen-bond acceptors (Lipinski definition) is 5.